The summed E-state index contributed by atoms with van der Waals surface area (Å²) in [7, 11) is 7.06. The van der Waals surface area contributed by atoms with Crippen LogP contribution in [0.1, 0.15) is 15.9 Å². The molecule has 1 aliphatic rings. The second-order valence-electron chi connectivity index (χ2n) is 7.80. The second kappa shape index (κ2) is 12.5. The molecule has 32 heavy (non-hydrogen) atoms. The number of nitrogens with one attached hydrogen (secondary N) is 1. The number of halogens is 1. The molecule has 7 nitrogen and oxygen atoms in total. The number of rotatable bonds is 6. The van der Waals surface area contributed by atoms with Crippen molar-refractivity contribution in [3.8, 4) is 5.75 Å². The third kappa shape index (κ3) is 6.75. The molecule has 1 aliphatic heterocycles. The summed E-state index contributed by atoms with van der Waals surface area (Å²) in [5.41, 5.74) is 3.08. The summed E-state index contributed by atoms with van der Waals surface area (Å²) in [6, 6.07) is 16.1. The molecule has 2 aromatic carbocycles. The minimum Gasteiger partial charge on any atom is -0.497 e. The van der Waals surface area contributed by atoms with E-state index in [1.807, 2.05) is 37.4 Å². The van der Waals surface area contributed by atoms with E-state index in [0.29, 0.717) is 0 Å². The number of carbonyl (C=O) groups excluding carboxylic acids is 1. The van der Waals surface area contributed by atoms with Crippen molar-refractivity contribution in [3.05, 3.63) is 59.7 Å². The lowest BCUT2D eigenvalue weighted by Crippen LogP contribution is -2.52. The number of hydrogen-bond acceptors (Lipinski definition) is 4. The molecule has 0 atom stereocenters. The maximum atomic E-state index is 12.2. The lowest BCUT2D eigenvalue weighted by atomic mass is 10.1. The van der Waals surface area contributed by atoms with Crippen molar-refractivity contribution < 1.29 is 9.53 Å². The number of benzene rings is 2. The Morgan fingerprint density at radius 1 is 1.09 bits per heavy atom. The summed E-state index contributed by atoms with van der Waals surface area (Å²) >= 11 is 0. The fourth-order valence-corrected chi connectivity index (χ4v) is 3.74. The standard InChI is InChI=1S/C24H33N5O2.HI/c1-25-24(26-13-12-19-6-5-7-20(18-19)23(30)27(2)3)29-16-14-28(15-17-29)21-8-10-22(31-4)11-9-21;/h5-11,18H,12-17H2,1-4H3,(H,25,26);1H. The average molecular weight is 551 g/mol. The molecule has 0 saturated carbocycles. The molecule has 1 fully saturated rings. The van der Waals surface area contributed by atoms with Crippen molar-refractivity contribution in [2.75, 3.05) is 65.9 Å². The monoisotopic (exact) mass is 551 g/mol. The number of hydrogen-bond donors (Lipinski definition) is 1. The number of aliphatic imine (C=N–C) groups is 1. The van der Waals surface area contributed by atoms with E-state index in [9.17, 15) is 4.79 Å². The average Bonchev–Trinajstić information content (AvgIpc) is 2.82. The molecule has 0 radical (unpaired) electrons. The lowest BCUT2D eigenvalue weighted by Gasteiger charge is -2.37. The van der Waals surface area contributed by atoms with Gasteiger partial charge in [-0.2, -0.15) is 0 Å². The van der Waals surface area contributed by atoms with E-state index >= 15 is 0 Å². The van der Waals surface area contributed by atoms with Crippen molar-refractivity contribution in [1.29, 1.82) is 0 Å². The van der Waals surface area contributed by atoms with Crippen molar-refractivity contribution in [2.24, 2.45) is 4.99 Å². The zero-order chi connectivity index (χ0) is 22.2. The van der Waals surface area contributed by atoms with Crippen LogP contribution in [-0.4, -0.2) is 82.6 Å². The molecule has 0 spiro atoms. The fourth-order valence-electron chi connectivity index (χ4n) is 3.74. The first kappa shape index (κ1) is 25.8. The van der Waals surface area contributed by atoms with Gasteiger partial charge in [-0.25, -0.2) is 0 Å². The summed E-state index contributed by atoms with van der Waals surface area (Å²) in [5, 5.41) is 3.47. The predicted molar refractivity (Wildman–Crippen MR) is 142 cm³/mol. The Bertz CT molecular complexity index is 894. The largest absolute Gasteiger partial charge is 0.497 e. The highest BCUT2D eigenvalue weighted by Crippen LogP contribution is 2.20. The van der Waals surface area contributed by atoms with Gasteiger partial charge in [0.25, 0.3) is 5.91 Å². The van der Waals surface area contributed by atoms with Crippen molar-refractivity contribution >= 4 is 41.5 Å². The van der Waals surface area contributed by atoms with Gasteiger partial charge in [-0.1, -0.05) is 12.1 Å². The Morgan fingerprint density at radius 2 is 1.78 bits per heavy atom. The van der Waals surface area contributed by atoms with Crippen LogP contribution in [-0.2, 0) is 6.42 Å². The fraction of sp³-hybridized carbons (Fsp3) is 0.417. The molecule has 1 amide bonds. The van der Waals surface area contributed by atoms with E-state index in [2.05, 4.69) is 38.3 Å². The van der Waals surface area contributed by atoms with E-state index in [0.717, 1.165) is 62.0 Å². The maximum Gasteiger partial charge on any atom is 0.253 e. The van der Waals surface area contributed by atoms with E-state index in [1.54, 1.807) is 26.1 Å². The first-order valence-corrected chi connectivity index (χ1v) is 10.7. The van der Waals surface area contributed by atoms with E-state index in [4.69, 9.17) is 4.74 Å². The van der Waals surface area contributed by atoms with Crippen molar-refractivity contribution in [1.82, 2.24) is 15.1 Å². The van der Waals surface area contributed by atoms with E-state index in [1.165, 1.54) is 5.69 Å². The summed E-state index contributed by atoms with van der Waals surface area (Å²) < 4.78 is 5.25. The first-order chi connectivity index (χ1) is 15.0. The Morgan fingerprint density at radius 3 is 2.38 bits per heavy atom. The number of anilines is 1. The van der Waals surface area contributed by atoms with Gasteiger partial charge in [-0.15, -0.1) is 24.0 Å². The molecular weight excluding hydrogens is 517 g/mol. The van der Waals surface area contributed by atoms with Crippen LogP contribution < -0.4 is 15.0 Å². The van der Waals surface area contributed by atoms with Gasteiger partial charge in [0.15, 0.2) is 5.96 Å². The quantitative estimate of drug-likeness (QED) is 0.340. The van der Waals surface area contributed by atoms with Crippen LogP contribution in [0.2, 0.25) is 0 Å². The van der Waals surface area contributed by atoms with Crippen LogP contribution in [0, 0.1) is 0 Å². The number of piperazine rings is 1. The molecule has 0 aliphatic carbocycles. The van der Waals surface area contributed by atoms with Crippen LogP contribution in [0.15, 0.2) is 53.5 Å². The molecule has 0 unspecified atom stereocenters. The zero-order valence-corrected chi connectivity index (χ0v) is 21.7. The topological polar surface area (TPSA) is 60.4 Å². The first-order valence-electron chi connectivity index (χ1n) is 10.7. The van der Waals surface area contributed by atoms with Gasteiger partial charge in [-0.05, 0) is 48.4 Å². The number of nitrogens with zero attached hydrogens (tertiary/aromatic N) is 4. The Kier molecular flexibility index (Phi) is 10.1. The molecule has 0 aromatic heterocycles. The van der Waals surface area contributed by atoms with Gasteiger partial charge in [-0.3, -0.25) is 9.79 Å². The minimum atomic E-state index is 0. The molecule has 174 valence electrons. The number of methoxy groups -OCH3 is 1. The zero-order valence-electron chi connectivity index (χ0n) is 19.4. The molecule has 1 heterocycles. The predicted octanol–water partition coefficient (Wildman–Crippen LogP) is 2.96. The van der Waals surface area contributed by atoms with Crippen LogP contribution in [0.3, 0.4) is 0 Å². The number of guanidine groups is 1. The highest BCUT2D eigenvalue weighted by molar-refractivity contribution is 14.0. The van der Waals surface area contributed by atoms with E-state index < -0.39 is 0 Å². The number of ether oxygens (including phenoxy) is 1. The van der Waals surface area contributed by atoms with Gasteiger partial charge < -0.3 is 24.8 Å². The minimum absolute atomic E-state index is 0. The lowest BCUT2D eigenvalue weighted by molar-refractivity contribution is 0.0827. The van der Waals surface area contributed by atoms with Gasteiger partial charge in [0, 0.05) is 65.1 Å². The van der Waals surface area contributed by atoms with Crippen LogP contribution >= 0.6 is 24.0 Å². The summed E-state index contributed by atoms with van der Waals surface area (Å²) in [5.74, 6) is 1.83. The third-order valence-electron chi connectivity index (χ3n) is 5.51. The van der Waals surface area contributed by atoms with Crippen molar-refractivity contribution in [2.45, 2.75) is 6.42 Å². The maximum absolute atomic E-state index is 12.2. The molecule has 3 rings (SSSR count). The molecule has 0 bridgehead atoms. The Hall–Kier alpha value is -2.49. The summed E-state index contributed by atoms with van der Waals surface area (Å²) in [6.45, 7) is 4.49. The van der Waals surface area contributed by atoms with Crippen LogP contribution in [0.25, 0.3) is 0 Å². The van der Waals surface area contributed by atoms with Gasteiger partial charge in [0.1, 0.15) is 5.75 Å². The van der Waals surface area contributed by atoms with Crippen LogP contribution in [0.4, 0.5) is 5.69 Å². The number of amides is 1. The second-order valence-corrected chi connectivity index (χ2v) is 7.80. The molecular formula is C24H34IN5O2. The highest BCUT2D eigenvalue weighted by Gasteiger charge is 2.19. The smallest absolute Gasteiger partial charge is 0.253 e. The summed E-state index contributed by atoms with van der Waals surface area (Å²) in [4.78, 5) is 22.9. The Labute approximate surface area is 208 Å². The molecule has 1 N–H and O–H groups in total. The SMILES string of the molecule is CN=C(NCCc1cccc(C(=O)N(C)C)c1)N1CCN(c2ccc(OC)cc2)CC1.I. The molecule has 8 heteroatoms. The highest BCUT2D eigenvalue weighted by atomic mass is 127. The normalized spacial score (nSPS) is 13.9. The van der Waals surface area contributed by atoms with Crippen LogP contribution in [0.5, 0.6) is 5.75 Å². The number of carbonyl (C=O) groups is 1. The Balaban J connectivity index is 0.00000363. The van der Waals surface area contributed by atoms with Crippen molar-refractivity contribution in [3.63, 3.8) is 0 Å². The van der Waals surface area contributed by atoms with E-state index in [-0.39, 0.29) is 29.9 Å². The molecule has 2 aromatic rings. The summed E-state index contributed by atoms with van der Waals surface area (Å²) in [6.07, 6.45) is 0.833. The van der Waals surface area contributed by atoms with Gasteiger partial charge in [0.05, 0.1) is 7.11 Å². The third-order valence-corrected chi connectivity index (χ3v) is 5.51. The van der Waals surface area contributed by atoms with Gasteiger partial charge >= 0.3 is 0 Å². The van der Waals surface area contributed by atoms with Gasteiger partial charge in [0.2, 0.25) is 0 Å². The molecule has 1 saturated heterocycles.